The van der Waals surface area contributed by atoms with Crippen molar-refractivity contribution in [1.82, 2.24) is 0 Å². The van der Waals surface area contributed by atoms with Crippen molar-refractivity contribution in [1.29, 1.82) is 0 Å². The molecule has 2 atom stereocenters. The molecule has 2 heterocycles. The van der Waals surface area contributed by atoms with Crippen LogP contribution in [-0.2, 0) is 19.7 Å². The Labute approximate surface area is 130 Å². The molecule has 0 radical (unpaired) electrons. The van der Waals surface area contributed by atoms with E-state index in [1.54, 1.807) is 0 Å². The molecule has 3 nitrogen and oxygen atoms in total. The molecule has 21 heavy (non-hydrogen) atoms. The zero-order valence-electron chi connectivity index (χ0n) is 12.8. The summed E-state index contributed by atoms with van der Waals surface area (Å²) in [4.78, 5) is 12.6. The minimum atomic E-state index is -0.707. The fraction of sp³-hybridized carbons (Fsp3) is 0.706. The first-order valence-corrected chi connectivity index (χ1v) is 8.73. The van der Waals surface area contributed by atoms with Gasteiger partial charge in [0.05, 0.1) is 12.7 Å². The quantitative estimate of drug-likeness (QED) is 0.794. The number of ether oxygens (including phenoxy) is 2. The lowest BCUT2D eigenvalue weighted by Crippen LogP contribution is -2.57. The SMILES string of the molecule is CC1(C)COC(C=O)OC1C1(c2cccs2)CCCCC1. The minimum absolute atomic E-state index is 0.0351. The second-order valence-corrected chi connectivity index (χ2v) is 7.96. The number of hydrogen-bond donors (Lipinski definition) is 0. The highest BCUT2D eigenvalue weighted by Gasteiger charge is 2.52. The Kier molecular flexibility index (Phi) is 4.21. The van der Waals surface area contributed by atoms with Gasteiger partial charge in [-0.15, -0.1) is 11.3 Å². The van der Waals surface area contributed by atoms with Crippen LogP contribution in [0.2, 0.25) is 0 Å². The summed E-state index contributed by atoms with van der Waals surface area (Å²) in [6.07, 6.45) is 6.18. The smallest absolute Gasteiger partial charge is 0.214 e. The molecule has 0 bridgehead atoms. The molecule has 0 spiro atoms. The van der Waals surface area contributed by atoms with Crippen molar-refractivity contribution in [3.8, 4) is 0 Å². The second kappa shape index (κ2) is 5.82. The van der Waals surface area contributed by atoms with Crippen molar-refractivity contribution in [3.05, 3.63) is 22.4 Å². The largest absolute Gasteiger partial charge is 0.346 e. The highest BCUT2D eigenvalue weighted by molar-refractivity contribution is 7.10. The molecule has 1 aliphatic heterocycles. The maximum atomic E-state index is 11.1. The first kappa shape index (κ1) is 15.2. The van der Waals surface area contributed by atoms with Crippen LogP contribution in [-0.4, -0.2) is 25.3 Å². The Morgan fingerprint density at radius 2 is 2.05 bits per heavy atom. The predicted molar refractivity (Wildman–Crippen MR) is 83.5 cm³/mol. The maximum absolute atomic E-state index is 11.1. The van der Waals surface area contributed by atoms with Gasteiger partial charge in [-0.3, -0.25) is 4.79 Å². The van der Waals surface area contributed by atoms with Crippen LogP contribution in [0.3, 0.4) is 0 Å². The summed E-state index contributed by atoms with van der Waals surface area (Å²) >= 11 is 1.82. The normalized spacial score (nSPS) is 31.7. The molecule has 3 rings (SSSR count). The summed E-state index contributed by atoms with van der Waals surface area (Å²) in [7, 11) is 0. The van der Waals surface area contributed by atoms with Gasteiger partial charge in [0.25, 0.3) is 0 Å². The molecule has 1 aromatic rings. The highest BCUT2D eigenvalue weighted by atomic mass is 32.1. The number of carbonyl (C=O) groups is 1. The Balaban J connectivity index is 2.00. The summed E-state index contributed by atoms with van der Waals surface area (Å²) in [6, 6.07) is 4.36. The zero-order valence-corrected chi connectivity index (χ0v) is 13.7. The van der Waals surface area contributed by atoms with E-state index in [0.717, 1.165) is 19.1 Å². The number of hydrogen-bond acceptors (Lipinski definition) is 4. The van der Waals surface area contributed by atoms with Gasteiger partial charge in [0, 0.05) is 15.7 Å². The van der Waals surface area contributed by atoms with E-state index in [0.29, 0.717) is 6.61 Å². The summed E-state index contributed by atoms with van der Waals surface area (Å²) in [5.74, 6) is 0. The van der Waals surface area contributed by atoms with Crippen LogP contribution in [0.4, 0.5) is 0 Å². The maximum Gasteiger partial charge on any atom is 0.214 e. The summed E-state index contributed by atoms with van der Waals surface area (Å²) in [5, 5.41) is 2.15. The molecule has 1 saturated carbocycles. The van der Waals surface area contributed by atoms with Crippen molar-refractivity contribution >= 4 is 17.6 Å². The summed E-state index contributed by atoms with van der Waals surface area (Å²) < 4.78 is 11.7. The number of rotatable bonds is 3. The van der Waals surface area contributed by atoms with Crippen molar-refractivity contribution < 1.29 is 14.3 Å². The van der Waals surface area contributed by atoms with E-state index < -0.39 is 6.29 Å². The molecule has 1 aromatic heterocycles. The lowest BCUT2D eigenvalue weighted by atomic mass is 9.62. The first-order valence-electron chi connectivity index (χ1n) is 7.85. The van der Waals surface area contributed by atoms with Gasteiger partial charge in [0.1, 0.15) is 0 Å². The van der Waals surface area contributed by atoms with Gasteiger partial charge >= 0.3 is 0 Å². The van der Waals surface area contributed by atoms with Gasteiger partial charge in [-0.2, -0.15) is 0 Å². The van der Waals surface area contributed by atoms with Crippen molar-refractivity contribution in [2.24, 2.45) is 5.41 Å². The van der Waals surface area contributed by atoms with E-state index in [2.05, 4.69) is 31.4 Å². The van der Waals surface area contributed by atoms with Crippen LogP contribution in [0.15, 0.2) is 17.5 Å². The van der Waals surface area contributed by atoms with Gasteiger partial charge in [-0.25, -0.2) is 0 Å². The van der Waals surface area contributed by atoms with Gasteiger partial charge in [0.15, 0.2) is 6.29 Å². The van der Waals surface area contributed by atoms with Crippen molar-refractivity contribution in [2.45, 2.75) is 63.8 Å². The topological polar surface area (TPSA) is 35.5 Å². The average Bonchev–Trinajstić information content (AvgIpc) is 3.02. The van der Waals surface area contributed by atoms with E-state index >= 15 is 0 Å². The van der Waals surface area contributed by atoms with Crippen molar-refractivity contribution in [3.63, 3.8) is 0 Å². The lowest BCUT2D eigenvalue weighted by molar-refractivity contribution is -0.263. The molecule has 0 aromatic carbocycles. The van der Waals surface area contributed by atoms with Gasteiger partial charge in [-0.1, -0.05) is 39.2 Å². The van der Waals surface area contributed by atoms with E-state index in [4.69, 9.17) is 9.47 Å². The van der Waals surface area contributed by atoms with Crippen LogP contribution >= 0.6 is 11.3 Å². The molecule has 0 N–H and O–H groups in total. The third-order valence-electron chi connectivity index (χ3n) is 4.97. The van der Waals surface area contributed by atoms with E-state index in [-0.39, 0.29) is 16.9 Å². The van der Waals surface area contributed by atoms with E-state index in [1.807, 2.05) is 11.3 Å². The fourth-order valence-corrected chi connectivity index (χ4v) is 5.07. The van der Waals surface area contributed by atoms with Gasteiger partial charge < -0.3 is 9.47 Å². The molecule has 4 heteroatoms. The molecule has 0 amide bonds. The third kappa shape index (κ3) is 2.69. The van der Waals surface area contributed by atoms with Crippen LogP contribution in [0.5, 0.6) is 0 Å². The Bertz CT molecular complexity index is 474. The van der Waals surface area contributed by atoms with Gasteiger partial charge in [-0.05, 0) is 24.3 Å². The number of carbonyl (C=O) groups excluding carboxylic acids is 1. The molecular weight excluding hydrogens is 284 g/mol. The summed E-state index contributed by atoms with van der Waals surface area (Å²) in [5.41, 5.74) is -0.0399. The van der Waals surface area contributed by atoms with Crippen LogP contribution in [0.25, 0.3) is 0 Å². The monoisotopic (exact) mass is 308 g/mol. The van der Waals surface area contributed by atoms with Gasteiger partial charge in [0.2, 0.25) is 6.29 Å². The predicted octanol–water partition coefficient (Wildman–Crippen LogP) is 3.92. The minimum Gasteiger partial charge on any atom is -0.346 e. The molecule has 2 fully saturated rings. The fourth-order valence-electron chi connectivity index (χ4n) is 4.06. The Hall–Kier alpha value is -0.710. The highest BCUT2D eigenvalue weighted by Crippen LogP contribution is 2.51. The van der Waals surface area contributed by atoms with E-state index in [1.165, 1.54) is 24.1 Å². The van der Waals surface area contributed by atoms with Crippen LogP contribution in [0, 0.1) is 5.41 Å². The zero-order chi connectivity index (χ0) is 14.9. The molecule has 2 aliphatic rings. The molecular formula is C17H24O3S. The molecule has 1 saturated heterocycles. The Morgan fingerprint density at radius 3 is 2.67 bits per heavy atom. The third-order valence-corrected chi connectivity index (χ3v) is 6.06. The second-order valence-electron chi connectivity index (χ2n) is 7.01. The average molecular weight is 308 g/mol. The molecule has 2 unspecified atom stereocenters. The lowest BCUT2D eigenvalue weighted by Gasteiger charge is -2.52. The van der Waals surface area contributed by atoms with E-state index in [9.17, 15) is 4.79 Å². The Morgan fingerprint density at radius 1 is 1.29 bits per heavy atom. The molecule has 116 valence electrons. The summed E-state index contributed by atoms with van der Waals surface area (Å²) in [6.45, 7) is 4.97. The standard InChI is InChI=1S/C17H24O3S/c1-16(2)12-19-14(11-18)20-15(16)17(8-4-3-5-9-17)13-7-6-10-21-13/h6-7,10-11,14-15H,3-5,8-9,12H2,1-2H3. The number of thiophene rings is 1. The van der Waals surface area contributed by atoms with Crippen molar-refractivity contribution in [2.75, 3.05) is 6.61 Å². The van der Waals surface area contributed by atoms with Crippen LogP contribution < -0.4 is 0 Å². The number of aldehydes is 1. The first-order chi connectivity index (χ1) is 10.1. The molecule has 1 aliphatic carbocycles. The van der Waals surface area contributed by atoms with Crippen LogP contribution in [0.1, 0.15) is 50.8 Å².